The number of nitrogens with two attached hydrogens (primary N) is 1. The summed E-state index contributed by atoms with van der Waals surface area (Å²) in [6, 6.07) is 5.97. The predicted octanol–water partition coefficient (Wildman–Crippen LogP) is 2.73. The summed E-state index contributed by atoms with van der Waals surface area (Å²) in [4.78, 5) is 8.59. The zero-order valence-corrected chi connectivity index (χ0v) is 10.9. The van der Waals surface area contributed by atoms with E-state index >= 15 is 0 Å². The third-order valence-corrected chi connectivity index (χ3v) is 3.17. The van der Waals surface area contributed by atoms with Crippen LogP contribution >= 0.6 is 0 Å². The van der Waals surface area contributed by atoms with Gasteiger partial charge in [0.05, 0.1) is 16.7 Å². The number of nitrogens with one attached hydrogen (secondary N) is 1. The maximum absolute atomic E-state index is 5.92. The van der Waals surface area contributed by atoms with Crippen molar-refractivity contribution in [2.24, 2.45) is 0 Å². The van der Waals surface area contributed by atoms with Crippen LogP contribution in [0.1, 0.15) is 25.3 Å². The Morgan fingerprint density at radius 2 is 1.84 bits per heavy atom. The minimum atomic E-state index is 0.311. The van der Waals surface area contributed by atoms with Gasteiger partial charge in [-0.2, -0.15) is 5.10 Å². The largest absolute Gasteiger partial charge is 0.382 e. The molecule has 0 fully saturated rings. The molecule has 0 aliphatic carbocycles. The molecule has 5 nitrogen and oxygen atoms in total. The van der Waals surface area contributed by atoms with Crippen molar-refractivity contribution >= 4 is 16.9 Å². The molecule has 2 aromatic heterocycles. The third-order valence-electron chi connectivity index (χ3n) is 3.17. The summed E-state index contributed by atoms with van der Waals surface area (Å²) in [6.07, 6.45) is 3.38. The molecule has 0 atom stereocenters. The number of nitrogens with zero attached hydrogens (tertiary/aromatic N) is 3. The van der Waals surface area contributed by atoms with Crippen LogP contribution in [0.5, 0.6) is 0 Å². The van der Waals surface area contributed by atoms with Gasteiger partial charge < -0.3 is 5.73 Å². The number of rotatable bonds is 2. The van der Waals surface area contributed by atoms with E-state index in [4.69, 9.17) is 5.73 Å². The lowest BCUT2D eigenvalue weighted by Gasteiger charge is -2.08. The van der Waals surface area contributed by atoms with Crippen molar-refractivity contribution in [2.45, 2.75) is 19.8 Å². The third kappa shape index (κ3) is 1.93. The zero-order valence-electron chi connectivity index (χ0n) is 10.9. The minimum Gasteiger partial charge on any atom is -0.382 e. The first-order chi connectivity index (χ1) is 9.16. The molecule has 0 aliphatic rings. The first kappa shape index (κ1) is 11.6. The fourth-order valence-electron chi connectivity index (χ4n) is 2.29. The SMILES string of the molecule is CC(C)c1c(N)n[nH]c1-c1ccc2nccnc2c1. The zero-order chi connectivity index (χ0) is 13.4. The van der Waals surface area contributed by atoms with E-state index in [1.807, 2.05) is 18.2 Å². The molecule has 2 heterocycles. The lowest BCUT2D eigenvalue weighted by Crippen LogP contribution is -1.95. The Kier molecular flexibility index (Phi) is 2.67. The average Bonchev–Trinajstić information content (AvgIpc) is 2.80. The second-order valence-corrected chi connectivity index (χ2v) is 4.81. The van der Waals surface area contributed by atoms with Gasteiger partial charge in [0.1, 0.15) is 5.82 Å². The summed E-state index contributed by atoms with van der Waals surface area (Å²) in [5.74, 6) is 0.871. The highest BCUT2D eigenvalue weighted by atomic mass is 15.2. The summed E-state index contributed by atoms with van der Waals surface area (Å²) in [5.41, 5.74) is 10.7. The van der Waals surface area contributed by atoms with Gasteiger partial charge in [-0.25, -0.2) is 0 Å². The van der Waals surface area contributed by atoms with Gasteiger partial charge in [0.2, 0.25) is 0 Å². The van der Waals surface area contributed by atoms with Crippen molar-refractivity contribution < 1.29 is 0 Å². The lowest BCUT2D eigenvalue weighted by atomic mass is 9.98. The Labute approximate surface area is 110 Å². The number of hydrogen-bond donors (Lipinski definition) is 2. The number of nitrogen functional groups attached to an aromatic ring is 1. The van der Waals surface area contributed by atoms with E-state index in [0.717, 1.165) is 27.9 Å². The van der Waals surface area contributed by atoms with Crippen LogP contribution in [0.25, 0.3) is 22.3 Å². The summed E-state index contributed by atoms with van der Waals surface area (Å²) >= 11 is 0. The van der Waals surface area contributed by atoms with Crippen LogP contribution in [0.15, 0.2) is 30.6 Å². The first-order valence-electron chi connectivity index (χ1n) is 6.21. The van der Waals surface area contributed by atoms with Gasteiger partial charge >= 0.3 is 0 Å². The van der Waals surface area contributed by atoms with Crippen LogP contribution in [0.3, 0.4) is 0 Å². The van der Waals surface area contributed by atoms with Gasteiger partial charge in [0.15, 0.2) is 0 Å². The number of aromatic amines is 1. The van der Waals surface area contributed by atoms with Gasteiger partial charge in [-0.15, -0.1) is 0 Å². The fourth-order valence-corrected chi connectivity index (χ4v) is 2.29. The van der Waals surface area contributed by atoms with E-state index in [1.54, 1.807) is 12.4 Å². The molecule has 3 N–H and O–H groups in total. The molecule has 5 heteroatoms. The van der Waals surface area contributed by atoms with E-state index in [-0.39, 0.29) is 0 Å². The second kappa shape index (κ2) is 4.35. The second-order valence-electron chi connectivity index (χ2n) is 4.81. The van der Waals surface area contributed by atoms with Crippen molar-refractivity contribution in [3.05, 3.63) is 36.2 Å². The summed E-state index contributed by atoms with van der Waals surface area (Å²) < 4.78 is 0. The molecule has 0 aliphatic heterocycles. The van der Waals surface area contributed by atoms with Crippen molar-refractivity contribution in [3.63, 3.8) is 0 Å². The molecule has 0 spiro atoms. The van der Waals surface area contributed by atoms with E-state index in [0.29, 0.717) is 11.7 Å². The topological polar surface area (TPSA) is 80.5 Å². The van der Waals surface area contributed by atoms with Crippen molar-refractivity contribution in [2.75, 3.05) is 5.73 Å². The molecular weight excluding hydrogens is 238 g/mol. The smallest absolute Gasteiger partial charge is 0.149 e. The molecule has 0 amide bonds. The van der Waals surface area contributed by atoms with Gasteiger partial charge in [0.25, 0.3) is 0 Å². The Balaban J connectivity index is 2.19. The number of H-pyrrole nitrogens is 1. The van der Waals surface area contributed by atoms with Gasteiger partial charge in [-0.05, 0) is 18.1 Å². The average molecular weight is 253 g/mol. The van der Waals surface area contributed by atoms with Gasteiger partial charge in [-0.1, -0.05) is 19.9 Å². The molecule has 19 heavy (non-hydrogen) atoms. The van der Waals surface area contributed by atoms with E-state index in [2.05, 4.69) is 34.0 Å². The number of fused-ring (bicyclic) bond motifs is 1. The molecule has 1 aromatic carbocycles. The Morgan fingerprint density at radius 3 is 2.58 bits per heavy atom. The highest BCUT2D eigenvalue weighted by Crippen LogP contribution is 2.32. The fraction of sp³-hybridized carbons (Fsp3) is 0.214. The quantitative estimate of drug-likeness (QED) is 0.735. The maximum atomic E-state index is 5.92. The minimum absolute atomic E-state index is 0.311. The van der Waals surface area contributed by atoms with Crippen LogP contribution < -0.4 is 5.73 Å². The molecular formula is C14H15N5. The highest BCUT2D eigenvalue weighted by Gasteiger charge is 2.16. The number of benzene rings is 1. The van der Waals surface area contributed by atoms with E-state index in [9.17, 15) is 0 Å². The molecule has 0 bridgehead atoms. The summed E-state index contributed by atoms with van der Waals surface area (Å²) in [5, 5.41) is 7.12. The molecule has 0 saturated carbocycles. The lowest BCUT2D eigenvalue weighted by molar-refractivity contribution is 0.873. The molecule has 3 aromatic rings. The molecule has 0 unspecified atom stereocenters. The summed E-state index contributed by atoms with van der Waals surface area (Å²) in [6.45, 7) is 4.21. The van der Waals surface area contributed by atoms with Crippen molar-refractivity contribution in [1.29, 1.82) is 0 Å². The number of anilines is 1. The monoisotopic (exact) mass is 253 g/mol. The van der Waals surface area contributed by atoms with Crippen LogP contribution in [-0.2, 0) is 0 Å². The van der Waals surface area contributed by atoms with Crippen LogP contribution in [0.2, 0.25) is 0 Å². The Morgan fingerprint density at radius 1 is 1.11 bits per heavy atom. The maximum Gasteiger partial charge on any atom is 0.149 e. The molecule has 3 rings (SSSR count). The predicted molar refractivity (Wildman–Crippen MR) is 75.6 cm³/mol. The number of aromatic nitrogens is 4. The molecule has 96 valence electrons. The van der Waals surface area contributed by atoms with Gasteiger partial charge in [0, 0.05) is 23.5 Å². The van der Waals surface area contributed by atoms with Crippen LogP contribution in [0, 0.1) is 0 Å². The Bertz CT molecular complexity index is 730. The Hall–Kier alpha value is -2.43. The van der Waals surface area contributed by atoms with Crippen LogP contribution in [-0.4, -0.2) is 20.2 Å². The van der Waals surface area contributed by atoms with Gasteiger partial charge in [-0.3, -0.25) is 15.1 Å². The van der Waals surface area contributed by atoms with Crippen molar-refractivity contribution in [3.8, 4) is 11.3 Å². The standard InChI is InChI=1S/C14H15N5/c1-8(2)12-13(18-19-14(12)15)9-3-4-10-11(7-9)17-6-5-16-10/h3-8H,1-2H3,(H3,15,18,19). The summed E-state index contributed by atoms with van der Waals surface area (Å²) in [7, 11) is 0. The van der Waals surface area contributed by atoms with Crippen molar-refractivity contribution in [1.82, 2.24) is 20.2 Å². The van der Waals surface area contributed by atoms with E-state index in [1.165, 1.54) is 0 Å². The molecule has 0 saturated heterocycles. The number of hydrogen-bond acceptors (Lipinski definition) is 4. The van der Waals surface area contributed by atoms with E-state index < -0.39 is 0 Å². The normalized spacial score (nSPS) is 11.3. The van der Waals surface area contributed by atoms with Crippen LogP contribution in [0.4, 0.5) is 5.82 Å². The molecule has 0 radical (unpaired) electrons. The highest BCUT2D eigenvalue weighted by molar-refractivity contribution is 5.81. The first-order valence-corrected chi connectivity index (χ1v) is 6.21.